The van der Waals surface area contributed by atoms with Crippen molar-refractivity contribution in [1.29, 1.82) is 0 Å². The van der Waals surface area contributed by atoms with E-state index in [4.69, 9.17) is 0 Å². The summed E-state index contributed by atoms with van der Waals surface area (Å²) in [5.41, 5.74) is 0.573. The van der Waals surface area contributed by atoms with Gasteiger partial charge in [-0.25, -0.2) is 17.6 Å². The number of fused-ring (bicyclic) bond motifs is 4. The third-order valence-corrected chi connectivity index (χ3v) is 6.27. The Labute approximate surface area is 148 Å². The molecule has 0 radical (unpaired) electrons. The molecule has 1 aromatic carbocycles. The summed E-state index contributed by atoms with van der Waals surface area (Å²) in [6.07, 6.45) is 3.40. The van der Waals surface area contributed by atoms with Crippen molar-refractivity contribution in [3.63, 3.8) is 0 Å². The van der Waals surface area contributed by atoms with E-state index in [9.17, 15) is 17.6 Å². The van der Waals surface area contributed by atoms with Crippen molar-refractivity contribution in [2.24, 2.45) is 5.92 Å². The number of amides is 2. The zero-order valence-electron chi connectivity index (χ0n) is 14.3. The number of rotatable bonds is 4. The van der Waals surface area contributed by atoms with E-state index in [-0.39, 0.29) is 23.8 Å². The van der Waals surface area contributed by atoms with Crippen LogP contribution in [0, 0.1) is 11.7 Å². The van der Waals surface area contributed by atoms with Gasteiger partial charge < -0.3 is 10.2 Å². The monoisotopic (exact) mass is 369 g/mol. The maximum atomic E-state index is 13.6. The van der Waals surface area contributed by atoms with Gasteiger partial charge in [-0.15, -0.1) is 0 Å². The Bertz CT molecular complexity index is 740. The van der Waals surface area contributed by atoms with Crippen LogP contribution in [-0.2, 0) is 16.4 Å². The molecule has 3 heterocycles. The number of hydrogen-bond acceptors (Lipinski definition) is 3. The molecule has 138 valence electrons. The van der Waals surface area contributed by atoms with E-state index in [2.05, 4.69) is 5.32 Å². The highest BCUT2D eigenvalue weighted by Gasteiger charge is 2.39. The summed E-state index contributed by atoms with van der Waals surface area (Å²) in [7, 11) is -3.25. The first kappa shape index (κ1) is 18.1. The van der Waals surface area contributed by atoms with Gasteiger partial charge >= 0.3 is 6.03 Å². The van der Waals surface area contributed by atoms with Crippen molar-refractivity contribution in [3.05, 3.63) is 35.6 Å². The first-order valence-electron chi connectivity index (χ1n) is 8.57. The normalized spacial score (nSPS) is 24.2. The Balaban J connectivity index is 1.58. The van der Waals surface area contributed by atoms with Crippen LogP contribution in [-0.4, -0.2) is 62.1 Å². The Hall–Kier alpha value is -1.67. The lowest BCUT2D eigenvalue weighted by molar-refractivity contribution is 0.142. The molecule has 0 aromatic heterocycles. The van der Waals surface area contributed by atoms with Gasteiger partial charge in [0.05, 0.1) is 6.26 Å². The van der Waals surface area contributed by atoms with Crippen LogP contribution in [0.25, 0.3) is 0 Å². The Morgan fingerprint density at radius 1 is 1.24 bits per heavy atom. The topological polar surface area (TPSA) is 69.7 Å². The molecule has 0 saturated carbocycles. The van der Waals surface area contributed by atoms with E-state index < -0.39 is 10.0 Å². The molecular formula is C17H24FN3O3S. The molecule has 3 saturated heterocycles. The Morgan fingerprint density at radius 2 is 2.00 bits per heavy atom. The van der Waals surface area contributed by atoms with Gasteiger partial charge in [0.1, 0.15) is 5.82 Å². The molecule has 0 spiro atoms. The smallest absolute Gasteiger partial charge is 0.317 e. The average Bonchev–Trinajstić information content (AvgIpc) is 2.88. The molecule has 0 unspecified atom stereocenters. The van der Waals surface area contributed by atoms with Crippen molar-refractivity contribution in [2.45, 2.75) is 25.3 Å². The number of sulfonamides is 1. The number of carbonyl (C=O) groups excluding carboxylic acids is 1. The van der Waals surface area contributed by atoms with Gasteiger partial charge in [-0.3, -0.25) is 0 Å². The summed E-state index contributed by atoms with van der Waals surface area (Å²) in [6, 6.07) is 6.24. The lowest BCUT2D eigenvalue weighted by Gasteiger charge is -2.36. The number of hydrogen-bond donors (Lipinski definition) is 1. The molecule has 3 fully saturated rings. The molecule has 2 bridgehead atoms. The minimum absolute atomic E-state index is 0.0954. The number of urea groups is 1. The predicted octanol–water partition coefficient (Wildman–Crippen LogP) is 1.43. The molecule has 3 aliphatic rings. The molecule has 1 N–H and O–H groups in total. The third-order valence-electron chi connectivity index (χ3n) is 5.04. The molecule has 8 heteroatoms. The van der Waals surface area contributed by atoms with E-state index in [0.29, 0.717) is 38.2 Å². The molecule has 3 aliphatic heterocycles. The SMILES string of the molecule is CS(=O)(=O)N1C[C@@H]2CC[C@H](C1)N(C(=O)NCCc1ccccc1F)C2. The fraction of sp³-hybridized carbons (Fsp3) is 0.588. The average molecular weight is 369 g/mol. The molecule has 4 rings (SSSR count). The van der Waals surface area contributed by atoms with Crippen LogP contribution in [0.1, 0.15) is 18.4 Å². The van der Waals surface area contributed by atoms with Crippen LogP contribution in [0.3, 0.4) is 0 Å². The molecule has 25 heavy (non-hydrogen) atoms. The summed E-state index contributed by atoms with van der Waals surface area (Å²) in [5, 5.41) is 2.85. The number of benzene rings is 1. The fourth-order valence-corrected chi connectivity index (χ4v) is 4.59. The fourth-order valence-electron chi connectivity index (χ4n) is 3.67. The van der Waals surface area contributed by atoms with E-state index in [1.807, 2.05) is 0 Å². The third kappa shape index (κ3) is 4.30. The van der Waals surface area contributed by atoms with Crippen LogP contribution in [0.4, 0.5) is 9.18 Å². The van der Waals surface area contributed by atoms with Gasteiger partial charge in [0.2, 0.25) is 10.0 Å². The van der Waals surface area contributed by atoms with Crippen molar-refractivity contribution in [3.8, 4) is 0 Å². The molecule has 1 aromatic rings. The Morgan fingerprint density at radius 3 is 2.72 bits per heavy atom. The van der Waals surface area contributed by atoms with Crippen LogP contribution in [0.2, 0.25) is 0 Å². The van der Waals surface area contributed by atoms with Crippen LogP contribution >= 0.6 is 0 Å². The van der Waals surface area contributed by atoms with Gasteiger partial charge in [-0.2, -0.15) is 4.31 Å². The quantitative estimate of drug-likeness (QED) is 0.873. The standard InChI is InChI=1S/C17H24FN3O3S/c1-25(23,24)20-10-13-6-7-15(12-20)21(11-13)17(22)19-9-8-14-4-2-3-5-16(14)18/h2-5,13,15H,6-12H2,1H3,(H,19,22)/t13-,15+/m0/s1. The maximum absolute atomic E-state index is 13.6. The van der Waals surface area contributed by atoms with Crippen molar-refractivity contribution in [1.82, 2.24) is 14.5 Å². The summed E-state index contributed by atoms with van der Waals surface area (Å²) < 4.78 is 38.8. The lowest BCUT2D eigenvalue weighted by atomic mass is 9.95. The highest BCUT2D eigenvalue weighted by molar-refractivity contribution is 7.88. The molecule has 6 nitrogen and oxygen atoms in total. The number of halogens is 1. The van der Waals surface area contributed by atoms with E-state index in [1.54, 1.807) is 23.1 Å². The van der Waals surface area contributed by atoms with E-state index in [1.165, 1.54) is 16.6 Å². The molecule has 2 amide bonds. The maximum Gasteiger partial charge on any atom is 0.317 e. The van der Waals surface area contributed by atoms with Crippen molar-refractivity contribution in [2.75, 3.05) is 32.4 Å². The van der Waals surface area contributed by atoms with Crippen LogP contribution in [0.5, 0.6) is 0 Å². The molecule has 2 atom stereocenters. The first-order chi connectivity index (χ1) is 11.8. The van der Waals surface area contributed by atoms with Gasteiger partial charge in [0, 0.05) is 32.2 Å². The number of piperidine rings is 1. The molecular weight excluding hydrogens is 345 g/mol. The van der Waals surface area contributed by atoms with Crippen LogP contribution < -0.4 is 5.32 Å². The van der Waals surface area contributed by atoms with Crippen molar-refractivity contribution < 1.29 is 17.6 Å². The van der Waals surface area contributed by atoms with Gasteiger partial charge in [0.15, 0.2) is 0 Å². The second-order valence-corrected chi connectivity index (χ2v) is 8.89. The minimum Gasteiger partial charge on any atom is -0.338 e. The second kappa shape index (κ2) is 7.29. The summed E-state index contributed by atoms with van der Waals surface area (Å²) in [6.45, 7) is 1.76. The predicted molar refractivity (Wildman–Crippen MR) is 93.1 cm³/mol. The van der Waals surface area contributed by atoms with Gasteiger partial charge in [-0.05, 0) is 36.8 Å². The van der Waals surface area contributed by atoms with Gasteiger partial charge in [0.25, 0.3) is 0 Å². The zero-order chi connectivity index (χ0) is 18.0. The van der Waals surface area contributed by atoms with Gasteiger partial charge in [-0.1, -0.05) is 18.2 Å². The van der Waals surface area contributed by atoms with Crippen LogP contribution in [0.15, 0.2) is 24.3 Å². The van der Waals surface area contributed by atoms with E-state index in [0.717, 1.165) is 12.8 Å². The number of carbonyl (C=O) groups is 1. The second-order valence-electron chi connectivity index (χ2n) is 6.90. The highest BCUT2D eigenvalue weighted by atomic mass is 32.2. The van der Waals surface area contributed by atoms with Crippen molar-refractivity contribution >= 4 is 16.1 Å². The highest BCUT2D eigenvalue weighted by Crippen LogP contribution is 2.29. The summed E-state index contributed by atoms with van der Waals surface area (Å²) in [5.74, 6) is -0.0971. The first-order valence-corrected chi connectivity index (χ1v) is 10.4. The number of nitrogens with zero attached hydrogens (tertiary/aromatic N) is 2. The Kier molecular flexibility index (Phi) is 5.29. The minimum atomic E-state index is -3.25. The number of nitrogens with one attached hydrogen (secondary N) is 1. The summed E-state index contributed by atoms with van der Waals surface area (Å²) in [4.78, 5) is 14.3. The lowest BCUT2D eigenvalue weighted by Crippen LogP contribution is -2.51. The largest absolute Gasteiger partial charge is 0.338 e. The molecule has 0 aliphatic carbocycles. The van der Waals surface area contributed by atoms with E-state index >= 15 is 0 Å². The summed E-state index contributed by atoms with van der Waals surface area (Å²) >= 11 is 0. The zero-order valence-corrected chi connectivity index (χ0v) is 15.1.